The number of aromatic nitrogens is 2. The largest absolute Gasteiger partial charge is 0.497 e. The third kappa shape index (κ3) is 5.92. The van der Waals surface area contributed by atoms with Crippen LogP contribution in [0.25, 0.3) is 11.1 Å². The summed E-state index contributed by atoms with van der Waals surface area (Å²) in [5.41, 5.74) is 1.54. The van der Waals surface area contributed by atoms with Gasteiger partial charge in [-0.15, -0.1) is 0 Å². The SMILES string of the molecule is CCC1(NCC2CC2)CN(c2ncc(Br)c(-c3c(B4OC(C)(C)C(C)(C)O4)cnc(N4CC(CC)(NCC5CC5)C4)c3C#N)c2C#N)C1. The molecule has 48 heavy (non-hydrogen) atoms. The first-order valence-corrected chi connectivity index (χ1v) is 18.5. The molecule has 2 N–H and O–H groups in total. The summed E-state index contributed by atoms with van der Waals surface area (Å²) in [5, 5.41) is 29.4. The van der Waals surface area contributed by atoms with Crippen molar-refractivity contribution < 1.29 is 9.31 Å². The zero-order valence-electron chi connectivity index (χ0n) is 29.2. The van der Waals surface area contributed by atoms with E-state index in [-0.39, 0.29) is 11.1 Å². The molecule has 5 aliphatic rings. The van der Waals surface area contributed by atoms with Crippen molar-refractivity contribution in [1.82, 2.24) is 20.6 Å². The maximum atomic E-state index is 10.9. The molecule has 10 nitrogen and oxygen atoms in total. The summed E-state index contributed by atoms with van der Waals surface area (Å²) in [4.78, 5) is 14.1. The van der Waals surface area contributed by atoms with Gasteiger partial charge in [-0.3, -0.25) is 0 Å². The van der Waals surface area contributed by atoms with Crippen molar-refractivity contribution in [2.24, 2.45) is 11.8 Å². The Morgan fingerprint density at radius 3 is 1.65 bits per heavy atom. The standard InChI is InChI=1S/C36H48BBrN8O2/c1-7-35(43-15-23-9-10-23)19-45(20-35)31-25(13-39)29(27(17-41-31)37-47-33(3,4)34(5,6)48-37)30-26(14-40)32(42-18-28(30)38)46-21-36(8-2,22-46)44-16-24-11-12-24/h17-18,23-24,43-44H,7-12,15-16,19-22H2,1-6H3. The second-order valence-corrected chi connectivity index (χ2v) is 16.8. The molecule has 2 aliphatic carbocycles. The Bertz CT molecular complexity index is 1650. The van der Waals surface area contributed by atoms with Gasteiger partial charge >= 0.3 is 7.12 Å². The van der Waals surface area contributed by atoms with Crippen LogP contribution in [0.3, 0.4) is 0 Å². The third-order valence-corrected chi connectivity index (χ3v) is 12.5. The smallest absolute Gasteiger partial charge is 0.399 e. The van der Waals surface area contributed by atoms with E-state index in [1.165, 1.54) is 25.7 Å². The third-order valence-electron chi connectivity index (χ3n) is 11.9. The zero-order valence-corrected chi connectivity index (χ0v) is 30.8. The van der Waals surface area contributed by atoms with E-state index in [4.69, 9.17) is 19.3 Å². The minimum atomic E-state index is -0.775. The molecule has 3 aliphatic heterocycles. The molecule has 254 valence electrons. The molecule has 2 aromatic rings. The summed E-state index contributed by atoms with van der Waals surface area (Å²) >= 11 is 3.77. The van der Waals surface area contributed by atoms with E-state index >= 15 is 0 Å². The summed E-state index contributed by atoms with van der Waals surface area (Å²) in [5.74, 6) is 2.83. The molecule has 3 saturated heterocycles. The van der Waals surface area contributed by atoms with Crippen LogP contribution < -0.4 is 25.9 Å². The molecule has 2 saturated carbocycles. The van der Waals surface area contributed by atoms with Crippen molar-refractivity contribution >= 4 is 40.1 Å². The van der Waals surface area contributed by atoms with Crippen LogP contribution in [0, 0.1) is 34.5 Å². The molecule has 2 aromatic heterocycles. The Labute approximate surface area is 294 Å². The number of nitriles is 2. The van der Waals surface area contributed by atoms with Gasteiger partial charge in [-0.1, -0.05) is 13.8 Å². The van der Waals surface area contributed by atoms with E-state index in [2.05, 4.69) is 62.3 Å². The summed E-state index contributed by atoms with van der Waals surface area (Å²) in [6.45, 7) is 17.7. The highest BCUT2D eigenvalue weighted by Crippen LogP contribution is 2.44. The Balaban J connectivity index is 1.29. The molecule has 0 radical (unpaired) electrons. The van der Waals surface area contributed by atoms with Gasteiger partial charge in [0, 0.05) is 59.6 Å². The number of hydrogen-bond donors (Lipinski definition) is 2. The van der Waals surface area contributed by atoms with Crippen molar-refractivity contribution in [3.63, 3.8) is 0 Å². The Kier molecular flexibility index (Phi) is 8.61. The summed E-state index contributed by atoms with van der Waals surface area (Å²) in [6.07, 6.45) is 10.8. The van der Waals surface area contributed by atoms with Gasteiger partial charge in [0.05, 0.1) is 22.3 Å². The molecule has 0 unspecified atom stereocenters. The van der Waals surface area contributed by atoms with Crippen molar-refractivity contribution in [1.29, 1.82) is 10.5 Å². The van der Waals surface area contributed by atoms with Crippen LogP contribution in [0.15, 0.2) is 16.9 Å². The van der Waals surface area contributed by atoms with Gasteiger partial charge < -0.3 is 29.7 Å². The Morgan fingerprint density at radius 1 is 0.792 bits per heavy atom. The van der Waals surface area contributed by atoms with Crippen LogP contribution in [0.4, 0.5) is 11.6 Å². The highest BCUT2D eigenvalue weighted by molar-refractivity contribution is 9.10. The topological polar surface area (TPSA) is 122 Å². The molecule has 0 atom stereocenters. The number of anilines is 2. The fourth-order valence-electron chi connectivity index (χ4n) is 7.30. The molecule has 12 heteroatoms. The molecule has 5 fully saturated rings. The average Bonchev–Trinajstić information content (AvgIpc) is 3.95. The van der Waals surface area contributed by atoms with Gasteiger partial charge in [-0.25, -0.2) is 9.97 Å². The van der Waals surface area contributed by atoms with Crippen molar-refractivity contribution in [3.05, 3.63) is 28.0 Å². The number of pyridine rings is 2. The lowest BCUT2D eigenvalue weighted by Gasteiger charge is -2.52. The lowest BCUT2D eigenvalue weighted by Crippen LogP contribution is -2.69. The van der Waals surface area contributed by atoms with Gasteiger partial charge in [0.15, 0.2) is 0 Å². The number of nitrogens with zero attached hydrogens (tertiary/aromatic N) is 6. The normalized spacial score (nSPS) is 23.3. The summed E-state index contributed by atoms with van der Waals surface area (Å²) in [7, 11) is -0.775. The first kappa shape index (κ1) is 33.7. The van der Waals surface area contributed by atoms with Crippen molar-refractivity contribution in [2.75, 3.05) is 49.1 Å². The van der Waals surface area contributed by atoms with E-state index in [9.17, 15) is 10.5 Å². The van der Waals surface area contributed by atoms with E-state index in [0.717, 1.165) is 63.9 Å². The van der Waals surface area contributed by atoms with Gasteiger partial charge in [-0.05, 0) is 107 Å². The number of nitrogens with one attached hydrogen (secondary N) is 2. The average molecular weight is 716 g/mol. The monoisotopic (exact) mass is 714 g/mol. The fourth-order valence-corrected chi connectivity index (χ4v) is 7.80. The minimum absolute atomic E-state index is 0.000604. The summed E-state index contributed by atoms with van der Waals surface area (Å²) < 4.78 is 13.7. The summed E-state index contributed by atoms with van der Waals surface area (Å²) in [6, 6.07) is 5.03. The van der Waals surface area contributed by atoms with E-state index in [1.54, 1.807) is 12.4 Å². The lowest BCUT2D eigenvalue weighted by molar-refractivity contribution is 0.00578. The van der Waals surface area contributed by atoms with Gasteiger partial charge in [-0.2, -0.15) is 10.5 Å². The van der Waals surface area contributed by atoms with Crippen molar-refractivity contribution in [3.8, 4) is 23.3 Å². The zero-order chi connectivity index (χ0) is 34.1. The van der Waals surface area contributed by atoms with Crippen LogP contribution >= 0.6 is 15.9 Å². The molecule has 0 spiro atoms. The predicted octanol–water partition coefficient (Wildman–Crippen LogP) is 4.89. The van der Waals surface area contributed by atoms with Crippen LogP contribution in [-0.2, 0) is 9.31 Å². The Morgan fingerprint density at radius 2 is 1.23 bits per heavy atom. The highest BCUT2D eigenvalue weighted by Gasteiger charge is 2.53. The molecule has 5 heterocycles. The number of hydrogen-bond acceptors (Lipinski definition) is 10. The first-order chi connectivity index (χ1) is 22.9. The lowest BCUT2D eigenvalue weighted by atomic mass is 9.73. The van der Waals surface area contributed by atoms with E-state index < -0.39 is 18.3 Å². The predicted molar refractivity (Wildman–Crippen MR) is 192 cm³/mol. The molecule has 0 bridgehead atoms. The van der Waals surface area contributed by atoms with Crippen LogP contribution in [0.2, 0.25) is 0 Å². The molecular formula is C36H48BBrN8O2. The van der Waals surface area contributed by atoms with E-state index in [0.29, 0.717) is 43.8 Å². The van der Waals surface area contributed by atoms with Crippen LogP contribution in [-0.4, -0.2) is 78.6 Å². The van der Waals surface area contributed by atoms with Crippen molar-refractivity contribution in [2.45, 2.75) is 102 Å². The quantitative estimate of drug-likeness (QED) is 0.294. The van der Waals surface area contributed by atoms with Gasteiger partial charge in [0.2, 0.25) is 0 Å². The Hall–Kier alpha value is -2.74. The van der Waals surface area contributed by atoms with Gasteiger partial charge in [0.1, 0.15) is 34.9 Å². The van der Waals surface area contributed by atoms with Crippen LogP contribution in [0.1, 0.15) is 91.2 Å². The minimum Gasteiger partial charge on any atom is -0.399 e. The number of halogens is 1. The maximum absolute atomic E-state index is 10.9. The second-order valence-electron chi connectivity index (χ2n) is 15.9. The van der Waals surface area contributed by atoms with E-state index in [1.807, 2.05) is 27.7 Å². The molecule has 0 aromatic carbocycles. The number of rotatable bonds is 12. The second kappa shape index (κ2) is 12.2. The van der Waals surface area contributed by atoms with Gasteiger partial charge in [0.25, 0.3) is 0 Å². The molecule has 0 amide bonds. The molecule has 7 rings (SSSR count). The fraction of sp³-hybridized carbons (Fsp3) is 0.667. The first-order valence-electron chi connectivity index (χ1n) is 17.7. The molecular weight excluding hydrogens is 667 g/mol. The highest BCUT2D eigenvalue weighted by atomic mass is 79.9. The maximum Gasteiger partial charge on any atom is 0.497 e. The van der Waals surface area contributed by atoms with Crippen LogP contribution in [0.5, 0.6) is 0 Å².